The van der Waals surface area contributed by atoms with Crippen molar-refractivity contribution in [2.75, 3.05) is 23.3 Å². The van der Waals surface area contributed by atoms with E-state index in [9.17, 15) is 0 Å². The molecule has 1 atom stereocenters. The van der Waals surface area contributed by atoms with Crippen LogP contribution in [0.15, 0.2) is 16.9 Å². The van der Waals surface area contributed by atoms with Crippen molar-refractivity contribution in [3.63, 3.8) is 0 Å². The molecule has 2 aromatic rings. The summed E-state index contributed by atoms with van der Waals surface area (Å²) in [4.78, 5) is 11.1. The summed E-state index contributed by atoms with van der Waals surface area (Å²) in [6.45, 7) is 8.27. The van der Waals surface area contributed by atoms with E-state index in [1.807, 2.05) is 13.8 Å². The van der Waals surface area contributed by atoms with E-state index in [0.29, 0.717) is 0 Å². The van der Waals surface area contributed by atoms with Crippen LogP contribution in [0.1, 0.15) is 43.2 Å². The average Bonchev–Trinajstić information content (AvgIpc) is 2.88. The maximum atomic E-state index is 5.23. The van der Waals surface area contributed by atoms with Gasteiger partial charge < -0.3 is 14.7 Å². The molecule has 0 saturated carbocycles. The maximum absolute atomic E-state index is 5.23. The Kier molecular flexibility index (Phi) is 4.79. The molecule has 0 spiro atoms. The molecule has 1 saturated heterocycles. The lowest BCUT2D eigenvalue weighted by Crippen LogP contribution is -2.30. The Balaban J connectivity index is 1.65. The topological polar surface area (TPSA) is 67.1 Å². The Hall–Kier alpha value is -2.11. The highest BCUT2D eigenvalue weighted by Gasteiger charge is 2.15. The zero-order chi connectivity index (χ0) is 16.2. The predicted molar refractivity (Wildman–Crippen MR) is 90.9 cm³/mol. The molecule has 0 amide bonds. The van der Waals surface area contributed by atoms with Gasteiger partial charge in [0.15, 0.2) is 0 Å². The Bertz CT molecular complexity index is 629. The maximum Gasteiger partial charge on any atom is 0.137 e. The van der Waals surface area contributed by atoms with Crippen LogP contribution in [0.4, 0.5) is 11.6 Å². The molecule has 124 valence electrons. The lowest BCUT2D eigenvalue weighted by atomic mass is 10.1. The van der Waals surface area contributed by atoms with E-state index >= 15 is 0 Å². The van der Waals surface area contributed by atoms with Gasteiger partial charge >= 0.3 is 0 Å². The van der Waals surface area contributed by atoms with Crippen molar-refractivity contribution >= 4 is 11.6 Å². The van der Waals surface area contributed by atoms with Gasteiger partial charge in [-0.2, -0.15) is 0 Å². The molecule has 0 bridgehead atoms. The van der Waals surface area contributed by atoms with E-state index in [-0.39, 0.29) is 6.04 Å². The number of anilines is 2. The normalized spacial score (nSPS) is 16.4. The lowest BCUT2D eigenvalue weighted by molar-refractivity contribution is 0.392. The average molecular weight is 315 g/mol. The van der Waals surface area contributed by atoms with E-state index in [2.05, 4.69) is 38.3 Å². The smallest absolute Gasteiger partial charge is 0.137 e. The Labute approximate surface area is 137 Å². The van der Waals surface area contributed by atoms with Crippen LogP contribution in [0.25, 0.3) is 0 Å². The second-order valence-corrected chi connectivity index (χ2v) is 6.36. The molecule has 0 aromatic carbocycles. The first-order valence-electron chi connectivity index (χ1n) is 8.39. The van der Waals surface area contributed by atoms with Crippen molar-refractivity contribution < 1.29 is 4.52 Å². The van der Waals surface area contributed by atoms with Gasteiger partial charge in [0.1, 0.15) is 23.7 Å². The largest absolute Gasteiger partial charge is 0.367 e. The van der Waals surface area contributed by atoms with Crippen LogP contribution in [0.2, 0.25) is 0 Å². The summed E-state index contributed by atoms with van der Waals surface area (Å²) in [5.74, 6) is 2.79. The Morgan fingerprint density at radius 3 is 2.70 bits per heavy atom. The number of rotatable bonds is 5. The van der Waals surface area contributed by atoms with E-state index in [0.717, 1.165) is 42.6 Å². The van der Waals surface area contributed by atoms with Crippen molar-refractivity contribution in [1.29, 1.82) is 0 Å². The number of hydrogen-bond donors (Lipinski definition) is 1. The first kappa shape index (κ1) is 15.8. The monoisotopic (exact) mass is 315 g/mol. The summed E-state index contributed by atoms with van der Waals surface area (Å²) in [5.41, 5.74) is 2.14. The molecular formula is C17H25N5O. The molecule has 6 heteroatoms. The quantitative estimate of drug-likeness (QED) is 0.914. The summed E-state index contributed by atoms with van der Waals surface area (Å²) in [6.07, 6.45) is 6.32. The van der Waals surface area contributed by atoms with Gasteiger partial charge in [0.25, 0.3) is 0 Å². The number of hydrogen-bond acceptors (Lipinski definition) is 6. The second kappa shape index (κ2) is 6.98. The molecule has 23 heavy (non-hydrogen) atoms. The van der Waals surface area contributed by atoms with Crippen molar-refractivity contribution in [3.05, 3.63) is 29.4 Å². The number of aromatic nitrogens is 3. The molecule has 1 N–H and O–H groups in total. The van der Waals surface area contributed by atoms with E-state index in [4.69, 9.17) is 4.52 Å². The Morgan fingerprint density at radius 1 is 1.22 bits per heavy atom. The highest BCUT2D eigenvalue weighted by molar-refractivity contribution is 5.49. The fraction of sp³-hybridized carbons (Fsp3) is 0.588. The molecule has 0 radical (unpaired) electrons. The summed E-state index contributed by atoms with van der Waals surface area (Å²) in [5, 5.41) is 7.48. The van der Waals surface area contributed by atoms with Crippen LogP contribution in [0, 0.1) is 13.8 Å². The van der Waals surface area contributed by atoms with E-state index in [1.165, 1.54) is 24.8 Å². The highest BCUT2D eigenvalue weighted by atomic mass is 16.5. The van der Waals surface area contributed by atoms with Crippen molar-refractivity contribution in [3.8, 4) is 0 Å². The van der Waals surface area contributed by atoms with Crippen LogP contribution in [0.3, 0.4) is 0 Å². The van der Waals surface area contributed by atoms with Gasteiger partial charge in [-0.25, -0.2) is 9.97 Å². The summed E-state index contributed by atoms with van der Waals surface area (Å²) in [7, 11) is 0. The van der Waals surface area contributed by atoms with Gasteiger partial charge in [-0.05, 0) is 46.5 Å². The summed E-state index contributed by atoms with van der Waals surface area (Å²) < 4.78 is 5.23. The minimum Gasteiger partial charge on any atom is -0.367 e. The standard InChI is InChI=1S/C17H25N5O/c1-12(9-15-13(2)21-23-14(15)3)20-16-10-17(19-11-18-16)22-7-5-4-6-8-22/h10-12H,4-9H2,1-3H3,(H,18,19,20). The molecule has 6 nitrogen and oxygen atoms in total. The molecule has 3 rings (SSSR count). The van der Waals surface area contributed by atoms with Gasteiger partial charge in [-0.15, -0.1) is 0 Å². The van der Waals surface area contributed by atoms with E-state index in [1.54, 1.807) is 6.33 Å². The number of nitrogens with zero attached hydrogens (tertiary/aromatic N) is 4. The first-order valence-corrected chi connectivity index (χ1v) is 8.39. The van der Waals surface area contributed by atoms with Gasteiger partial charge in [-0.1, -0.05) is 5.16 Å². The van der Waals surface area contributed by atoms with Gasteiger partial charge in [0.05, 0.1) is 5.69 Å². The Morgan fingerprint density at radius 2 is 2.00 bits per heavy atom. The molecule has 2 aromatic heterocycles. The number of piperidine rings is 1. The molecule has 3 heterocycles. The number of nitrogens with one attached hydrogen (secondary N) is 1. The van der Waals surface area contributed by atoms with E-state index < -0.39 is 0 Å². The van der Waals surface area contributed by atoms with Crippen LogP contribution in [-0.4, -0.2) is 34.3 Å². The minimum absolute atomic E-state index is 0.246. The van der Waals surface area contributed by atoms with Crippen molar-refractivity contribution in [2.45, 2.75) is 52.5 Å². The van der Waals surface area contributed by atoms with Gasteiger partial charge in [0.2, 0.25) is 0 Å². The van der Waals surface area contributed by atoms with Crippen LogP contribution < -0.4 is 10.2 Å². The lowest BCUT2D eigenvalue weighted by Gasteiger charge is -2.28. The van der Waals surface area contributed by atoms with Crippen molar-refractivity contribution in [1.82, 2.24) is 15.1 Å². The fourth-order valence-corrected chi connectivity index (χ4v) is 3.12. The number of aryl methyl sites for hydroxylation is 2. The van der Waals surface area contributed by atoms with Crippen LogP contribution in [0.5, 0.6) is 0 Å². The molecular weight excluding hydrogens is 290 g/mol. The third-order valence-electron chi connectivity index (χ3n) is 4.42. The zero-order valence-corrected chi connectivity index (χ0v) is 14.2. The third kappa shape index (κ3) is 3.81. The first-order chi connectivity index (χ1) is 11.1. The summed E-state index contributed by atoms with van der Waals surface area (Å²) in [6, 6.07) is 2.30. The fourth-order valence-electron chi connectivity index (χ4n) is 3.12. The third-order valence-corrected chi connectivity index (χ3v) is 4.42. The molecule has 0 aliphatic carbocycles. The zero-order valence-electron chi connectivity index (χ0n) is 14.2. The minimum atomic E-state index is 0.246. The highest BCUT2D eigenvalue weighted by Crippen LogP contribution is 2.20. The predicted octanol–water partition coefficient (Wildman–Crippen LogP) is 3.11. The summed E-state index contributed by atoms with van der Waals surface area (Å²) >= 11 is 0. The van der Waals surface area contributed by atoms with Crippen molar-refractivity contribution in [2.24, 2.45) is 0 Å². The molecule has 1 aliphatic heterocycles. The van der Waals surface area contributed by atoms with Crippen LogP contribution in [-0.2, 0) is 6.42 Å². The SMILES string of the molecule is Cc1noc(C)c1CC(C)Nc1cc(N2CCCCC2)ncn1. The molecule has 1 unspecified atom stereocenters. The molecule has 1 fully saturated rings. The van der Waals surface area contributed by atoms with Gasteiger partial charge in [0, 0.05) is 30.8 Å². The van der Waals surface area contributed by atoms with Gasteiger partial charge in [-0.3, -0.25) is 0 Å². The second-order valence-electron chi connectivity index (χ2n) is 6.36. The van der Waals surface area contributed by atoms with Crippen LogP contribution >= 0.6 is 0 Å². The molecule has 1 aliphatic rings.